The van der Waals surface area contributed by atoms with E-state index in [1.807, 2.05) is 0 Å². The Labute approximate surface area is 64.6 Å². The molecule has 1 atom stereocenters. The minimum Gasteiger partial charge on any atom is -0.772 e. The van der Waals surface area contributed by atoms with Crippen LogP contribution in [0.2, 0.25) is 0 Å². The summed E-state index contributed by atoms with van der Waals surface area (Å²) in [5.41, 5.74) is 5.24. The highest BCUT2D eigenvalue weighted by Gasteiger charge is 1.96. The Hall–Kier alpha value is -0.830. The predicted octanol–water partition coefficient (Wildman–Crippen LogP) is 0.526. The smallest absolute Gasteiger partial charge is 0.165 e. The molecule has 0 aliphatic heterocycles. The molecule has 0 spiro atoms. The topological polar surface area (TPSA) is 78.2 Å². The van der Waals surface area contributed by atoms with Gasteiger partial charge in [0.15, 0.2) is 7.67 Å². The number of hydrogen-bond acceptors (Lipinski definition) is 2. The third kappa shape index (κ3) is 3.18. The van der Waals surface area contributed by atoms with E-state index in [2.05, 4.69) is 5.09 Å². The van der Waals surface area contributed by atoms with Gasteiger partial charge in [-0.05, 0) is 12.1 Å². The molecule has 0 radical (unpaired) electrons. The second-order valence-corrected chi connectivity index (χ2v) is 3.49. The molecule has 0 amide bonds. The van der Waals surface area contributed by atoms with E-state index in [4.69, 9.17) is 5.50 Å². The molecule has 1 unspecified atom stereocenters. The second-order valence-electron chi connectivity index (χ2n) is 2.07. The van der Waals surface area contributed by atoms with Crippen molar-refractivity contribution in [2.24, 2.45) is 5.50 Å². The Bertz CT molecular complexity index is 269. The van der Waals surface area contributed by atoms with Crippen LogP contribution in [0.4, 0.5) is 5.69 Å². The number of hydrogen-bond donors (Lipinski definition) is 2. The third-order valence-corrected chi connectivity index (χ3v) is 1.63. The normalized spacial score (nSPS) is 15.5. The first-order valence-corrected chi connectivity index (χ1v) is 4.70. The van der Waals surface area contributed by atoms with Gasteiger partial charge in [0.1, 0.15) is 0 Å². The monoisotopic (exact) mass is 171 g/mol. The van der Waals surface area contributed by atoms with Crippen molar-refractivity contribution in [1.82, 2.24) is 0 Å². The van der Waals surface area contributed by atoms with Crippen LogP contribution in [0.15, 0.2) is 30.3 Å². The van der Waals surface area contributed by atoms with Crippen LogP contribution in [-0.4, -0.2) is 0 Å². The van der Waals surface area contributed by atoms with Crippen molar-refractivity contribution in [3.05, 3.63) is 30.3 Å². The summed E-state index contributed by atoms with van der Waals surface area (Å²) >= 11 is 0. The summed E-state index contributed by atoms with van der Waals surface area (Å²) in [5, 5.41) is 2.16. The predicted molar refractivity (Wildman–Crippen MR) is 41.9 cm³/mol. The van der Waals surface area contributed by atoms with Crippen molar-refractivity contribution >= 4 is 13.4 Å². The average Bonchev–Trinajstić information content (AvgIpc) is 1.85. The Morgan fingerprint density at radius 1 is 1.36 bits per heavy atom. The minimum atomic E-state index is -3.89. The molecular formula is C6H8N2O2P-. The standard InChI is InChI=1S/C6H9N2O2P/c7-11(9,10)8-6-4-2-1-3-5-6/h1-5H,(H4,7,8,9,10)/p-1. The molecule has 0 aliphatic rings. The molecule has 1 aromatic carbocycles. The zero-order valence-electron chi connectivity index (χ0n) is 5.73. The third-order valence-electron chi connectivity index (χ3n) is 1.06. The van der Waals surface area contributed by atoms with Crippen LogP contribution in [0.25, 0.3) is 0 Å². The number of anilines is 1. The van der Waals surface area contributed by atoms with Crippen LogP contribution in [-0.2, 0) is 4.57 Å². The van der Waals surface area contributed by atoms with Crippen molar-refractivity contribution in [1.29, 1.82) is 0 Å². The lowest BCUT2D eigenvalue weighted by molar-refractivity contribution is -0.173. The van der Waals surface area contributed by atoms with Gasteiger partial charge in [-0.15, -0.1) is 0 Å². The van der Waals surface area contributed by atoms with Crippen molar-refractivity contribution in [2.75, 3.05) is 5.09 Å². The van der Waals surface area contributed by atoms with E-state index in [1.54, 1.807) is 30.3 Å². The van der Waals surface area contributed by atoms with Gasteiger partial charge in [0, 0.05) is 5.69 Å². The fourth-order valence-electron chi connectivity index (χ4n) is 0.693. The van der Waals surface area contributed by atoms with Crippen molar-refractivity contribution < 1.29 is 9.46 Å². The fraction of sp³-hybridized carbons (Fsp3) is 0. The molecule has 5 heteroatoms. The van der Waals surface area contributed by atoms with Gasteiger partial charge in [0.25, 0.3) is 0 Å². The van der Waals surface area contributed by atoms with Gasteiger partial charge in [-0.2, -0.15) is 0 Å². The molecule has 0 aliphatic carbocycles. The van der Waals surface area contributed by atoms with Crippen LogP contribution in [0.1, 0.15) is 0 Å². The van der Waals surface area contributed by atoms with E-state index in [1.165, 1.54) is 0 Å². The molecule has 11 heavy (non-hydrogen) atoms. The second kappa shape index (κ2) is 3.05. The average molecular weight is 171 g/mol. The highest BCUT2D eigenvalue weighted by atomic mass is 31.2. The molecule has 4 nitrogen and oxygen atoms in total. The lowest BCUT2D eigenvalue weighted by atomic mass is 10.3. The Balaban J connectivity index is 2.74. The zero-order valence-corrected chi connectivity index (χ0v) is 6.62. The molecule has 0 fully saturated rings. The van der Waals surface area contributed by atoms with Crippen molar-refractivity contribution in [3.63, 3.8) is 0 Å². The fourth-order valence-corrected chi connectivity index (χ4v) is 1.20. The zero-order chi connectivity index (χ0) is 8.32. The van der Waals surface area contributed by atoms with E-state index >= 15 is 0 Å². The van der Waals surface area contributed by atoms with Gasteiger partial charge in [-0.25, -0.2) is 0 Å². The van der Waals surface area contributed by atoms with Gasteiger partial charge >= 0.3 is 0 Å². The SMILES string of the molecule is NP(=O)([O-])Nc1ccccc1. The highest BCUT2D eigenvalue weighted by molar-refractivity contribution is 7.55. The molecule has 0 saturated heterocycles. The molecule has 0 saturated carbocycles. The lowest BCUT2D eigenvalue weighted by Crippen LogP contribution is -2.16. The molecule has 1 aromatic rings. The summed E-state index contributed by atoms with van der Waals surface area (Å²) < 4.78 is 10.5. The maximum atomic E-state index is 10.5. The van der Waals surface area contributed by atoms with Crippen LogP contribution >= 0.6 is 7.67 Å². The number of benzene rings is 1. The van der Waals surface area contributed by atoms with E-state index in [0.29, 0.717) is 5.69 Å². The van der Waals surface area contributed by atoms with Gasteiger partial charge in [-0.3, -0.25) is 10.1 Å². The van der Waals surface area contributed by atoms with E-state index in [-0.39, 0.29) is 0 Å². The summed E-state index contributed by atoms with van der Waals surface area (Å²) in [7, 11) is -3.89. The van der Waals surface area contributed by atoms with Crippen LogP contribution in [0, 0.1) is 0 Å². The van der Waals surface area contributed by atoms with Crippen molar-refractivity contribution in [3.8, 4) is 0 Å². The first-order valence-electron chi connectivity index (χ1n) is 3.01. The lowest BCUT2D eigenvalue weighted by Gasteiger charge is -2.19. The summed E-state index contributed by atoms with van der Waals surface area (Å²) in [6.45, 7) is 0. The van der Waals surface area contributed by atoms with Crippen LogP contribution < -0.4 is 15.5 Å². The van der Waals surface area contributed by atoms with Crippen molar-refractivity contribution in [2.45, 2.75) is 0 Å². The Kier molecular flexibility index (Phi) is 2.29. The Morgan fingerprint density at radius 2 is 1.91 bits per heavy atom. The number of rotatable bonds is 2. The largest absolute Gasteiger partial charge is 0.772 e. The van der Waals surface area contributed by atoms with Gasteiger partial charge < -0.3 is 9.98 Å². The van der Waals surface area contributed by atoms with E-state index in [9.17, 15) is 9.46 Å². The quantitative estimate of drug-likeness (QED) is 0.636. The summed E-state index contributed by atoms with van der Waals surface area (Å²) in [6, 6.07) is 8.47. The molecule has 3 N–H and O–H groups in total. The number of para-hydroxylation sites is 1. The number of nitrogens with one attached hydrogen (secondary N) is 1. The molecule has 0 bridgehead atoms. The maximum Gasteiger partial charge on any atom is 0.165 e. The molecule has 0 heterocycles. The summed E-state index contributed by atoms with van der Waals surface area (Å²) in [4.78, 5) is 10.5. The van der Waals surface area contributed by atoms with Gasteiger partial charge in [-0.1, -0.05) is 18.2 Å². The highest BCUT2D eigenvalue weighted by Crippen LogP contribution is 2.25. The maximum absolute atomic E-state index is 10.5. The minimum absolute atomic E-state index is 0.480. The molecule has 0 aromatic heterocycles. The van der Waals surface area contributed by atoms with E-state index in [0.717, 1.165) is 0 Å². The Morgan fingerprint density at radius 3 is 2.36 bits per heavy atom. The first kappa shape index (κ1) is 8.27. The molecular weight excluding hydrogens is 163 g/mol. The summed E-state index contributed by atoms with van der Waals surface area (Å²) in [5.74, 6) is 0. The van der Waals surface area contributed by atoms with Crippen LogP contribution in [0.3, 0.4) is 0 Å². The van der Waals surface area contributed by atoms with E-state index < -0.39 is 7.67 Å². The summed E-state index contributed by atoms with van der Waals surface area (Å²) in [6.07, 6.45) is 0. The molecule has 60 valence electrons. The number of nitrogens with two attached hydrogens (primary N) is 1. The van der Waals surface area contributed by atoms with Crippen LogP contribution in [0.5, 0.6) is 0 Å². The van der Waals surface area contributed by atoms with Gasteiger partial charge in [0.2, 0.25) is 0 Å². The van der Waals surface area contributed by atoms with Gasteiger partial charge in [0.05, 0.1) is 0 Å². The first-order chi connectivity index (χ1) is 5.08. The molecule has 1 rings (SSSR count).